The summed E-state index contributed by atoms with van der Waals surface area (Å²) in [5.74, 6) is 1.80. The topological polar surface area (TPSA) is 112 Å². The van der Waals surface area contributed by atoms with Crippen molar-refractivity contribution in [3.05, 3.63) is 53.1 Å². The van der Waals surface area contributed by atoms with Crippen molar-refractivity contribution in [1.82, 2.24) is 15.0 Å². The van der Waals surface area contributed by atoms with Crippen molar-refractivity contribution in [3.8, 4) is 34.7 Å². The third-order valence-electron chi connectivity index (χ3n) is 6.13. The number of nitrogens with zero attached hydrogens (tertiary/aromatic N) is 4. The Bertz CT molecular complexity index is 1260. The summed E-state index contributed by atoms with van der Waals surface area (Å²) in [6.45, 7) is 9.01. The van der Waals surface area contributed by atoms with Crippen LogP contribution in [0.3, 0.4) is 0 Å². The number of aromatic nitrogens is 2. The molecule has 0 bridgehead atoms. The SMILES string of the molecule is CC(C)CC1CN(C(=O)O)CCc2c(-c3noc(-c4ccc(OC(C)C)c(C#N)c4)n3)cccc21. The predicted octanol–water partition coefficient (Wildman–Crippen LogP) is 5.73. The van der Waals surface area contributed by atoms with Crippen LogP contribution >= 0.6 is 0 Å². The Morgan fingerprint density at radius 1 is 1.29 bits per heavy atom. The molecule has 182 valence electrons. The number of carboxylic acid groups (broad SMARTS) is 1. The van der Waals surface area contributed by atoms with Gasteiger partial charge in [-0.15, -0.1) is 0 Å². The van der Waals surface area contributed by atoms with Crippen molar-refractivity contribution < 1.29 is 19.2 Å². The van der Waals surface area contributed by atoms with Crippen LogP contribution in [0.15, 0.2) is 40.9 Å². The van der Waals surface area contributed by atoms with E-state index in [2.05, 4.69) is 36.1 Å². The van der Waals surface area contributed by atoms with Crippen LogP contribution < -0.4 is 4.74 Å². The summed E-state index contributed by atoms with van der Waals surface area (Å²) in [6.07, 6.45) is 0.524. The van der Waals surface area contributed by atoms with Crippen molar-refractivity contribution in [1.29, 1.82) is 5.26 Å². The number of hydrogen-bond acceptors (Lipinski definition) is 6. The van der Waals surface area contributed by atoms with Gasteiger partial charge in [-0.3, -0.25) is 0 Å². The van der Waals surface area contributed by atoms with Crippen LogP contribution in [0.5, 0.6) is 5.75 Å². The summed E-state index contributed by atoms with van der Waals surface area (Å²) in [7, 11) is 0. The zero-order chi connectivity index (χ0) is 25.1. The Morgan fingerprint density at radius 2 is 2.09 bits per heavy atom. The first-order chi connectivity index (χ1) is 16.8. The number of nitriles is 1. The Hall–Kier alpha value is -3.86. The number of carbonyl (C=O) groups is 1. The lowest BCUT2D eigenvalue weighted by Gasteiger charge is -2.24. The molecule has 8 heteroatoms. The van der Waals surface area contributed by atoms with Crippen molar-refractivity contribution in [2.45, 2.75) is 52.6 Å². The van der Waals surface area contributed by atoms with E-state index in [0.717, 1.165) is 23.1 Å². The van der Waals surface area contributed by atoms with Gasteiger partial charge in [0, 0.05) is 30.1 Å². The lowest BCUT2D eigenvalue weighted by Crippen LogP contribution is -2.33. The average molecular weight is 475 g/mol. The van der Waals surface area contributed by atoms with Crippen LogP contribution in [0.2, 0.25) is 0 Å². The maximum Gasteiger partial charge on any atom is 0.407 e. The molecule has 1 N–H and O–H groups in total. The standard InChI is InChI=1S/C27H30N4O4/c1-16(2)12-20-15-31(27(32)33)11-10-22-21(20)6-5-7-23(22)25-29-26(35-30-25)18-8-9-24(34-17(3)4)19(13-18)14-28/h5-9,13,16-17,20H,10-12,15H2,1-4H3,(H,32,33). The fraction of sp³-hybridized carbons (Fsp3) is 0.407. The minimum Gasteiger partial charge on any atom is -0.490 e. The normalized spacial score (nSPS) is 15.6. The van der Waals surface area contributed by atoms with Crippen LogP contribution in [0.1, 0.15) is 56.7 Å². The molecule has 1 aliphatic rings. The van der Waals surface area contributed by atoms with Gasteiger partial charge >= 0.3 is 6.09 Å². The Balaban J connectivity index is 1.71. The first-order valence-corrected chi connectivity index (χ1v) is 11.9. The third-order valence-corrected chi connectivity index (χ3v) is 6.13. The zero-order valence-electron chi connectivity index (χ0n) is 20.5. The van der Waals surface area contributed by atoms with E-state index in [0.29, 0.717) is 54.0 Å². The van der Waals surface area contributed by atoms with E-state index in [-0.39, 0.29) is 12.0 Å². The van der Waals surface area contributed by atoms with E-state index in [1.54, 1.807) is 18.2 Å². The molecule has 2 aromatic carbocycles. The maximum atomic E-state index is 11.8. The number of fused-ring (bicyclic) bond motifs is 1. The molecule has 4 rings (SSSR count). The van der Waals surface area contributed by atoms with Gasteiger partial charge in [0.25, 0.3) is 5.89 Å². The second-order valence-electron chi connectivity index (χ2n) is 9.59. The lowest BCUT2D eigenvalue weighted by molar-refractivity contribution is 0.142. The Labute approximate surface area is 205 Å². The highest BCUT2D eigenvalue weighted by atomic mass is 16.5. The molecule has 1 aliphatic heterocycles. The first kappa shape index (κ1) is 24.3. The van der Waals surface area contributed by atoms with Gasteiger partial charge in [-0.1, -0.05) is 37.2 Å². The molecule has 0 fully saturated rings. The summed E-state index contributed by atoms with van der Waals surface area (Å²) in [5, 5.41) is 23.5. The summed E-state index contributed by atoms with van der Waals surface area (Å²) in [6, 6.07) is 13.4. The average Bonchev–Trinajstić information content (AvgIpc) is 3.22. The molecule has 2 heterocycles. The maximum absolute atomic E-state index is 11.8. The van der Waals surface area contributed by atoms with Gasteiger partial charge in [-0.2, -0.15) is 10.2 Å². The highest BCUT2D eigenvalue weighted by molar-refractivity contribution is 5.68. The molecule has 8 nitrogen and oxygen atoms in total. The van der Waals surface area contributed by atoms with E-state index in [4.69, 9.17) is 9.26 Å². The molecule has 1 atom stereocenters. The largest absolute Gasteiger partial charge is 0.490 e. The minimum absolute atomic E-state index is 0.0483. The van der Waals surface area contributed by atoms with Gasteiger partial charge in [0.1, 0.15) is 11.8 Å². The van der Waals surface area contributed by atoms with Gasteiger partial charge in [0.05, 0.1) is 11.7 Å². The number of amides is 1. The van der Waals surface area contributed by atoms with E-state index in [1.807, 2.05) is 26.0 Å². The molecule has 1 aromatic heterocycles. The van der Waals surface area contributed by atoms with Gasteiger partial charge in [-0.25, -0.2) is 4.79 Å². The minimum atomic E-state index is -0.895. The molecule has 0 saturated carbocycles. The van der Waals surface area contributed by atoms with Gasteiger partial charge in [0.15, 0.2) is 0 Å². The summed E-state index contributed by atoms with van der Waals surface area (Å²) in [4.78, 5) is 17.9. The highest BCUT2D eigenvalue weighted by Crippen LogP contribution is 2.36. The second-order valence-corrected chi connectivity index (χ2v) is 9.59. The number of ether oxygens (including phenoxy) is 1. The summed E-state index contributed by atoms with van der Waals surface area (Å²) < 4.78 is 11.3. The van der Waals surface area contributed by atoms with E-state index in [9.17, 15) is 15.2 Å². The third kappa shape index (κ3) is 5.29. The quantitative estimate of drug-likeness (QED) is 0.485. The first-order valence-electron chi connectivity index (χ1n) is 11.9. The fourth-order valence-electron chi connectivity index (χ4n) is 4.68. The van der Waals surface area contributed by atoms with Crippen molar-refractivity contribution >= 4 is 6.09 Å². The molecule has 1 amide bonds. The Kier molecular flexibility index (Phi) is 7.06. The Morgan fingerprint density at radius 3 is 2.77 bits per heavy atom. The summed E-state index contributed by atoms with van der Waals surface area (Å²) >= 11 is 0. The predicted molar refractivity (Wildman–Crippen MR) is 131 cm³/mol. The molecule has 35 heavy (non-hydrogen) atoms. The van der Waals surface area contributed by atoms with Crippen LogP contribution in [0, 0.1) is 17.2 Å². The summed E-state index contributed by atoms with van der Waals surface area (Å²) in [5.41, 5.74) is 4.09. The van der Waals surface area contributed by atoms with Crippen LogP contribution in [0.25, 0.3) is 22.8 Å². The van der Waals surface area contributed by atoms with Crippen molar-refractivity contribution in [2.75, 3.05) is 13.1 Å². The molecule has 0 saturated heterocycles. The molecule has 0 aliphatic carbocycles. The van der Waals surface area contributed by atoms with E-state index < -0.39 is 6.09 Å². The van der Waals surface area contributed by atoms with Crippen molar-refractivity contribution in [3.63, 3.8) is 0 Å². The molecular formula is C27H30N4O4. The van der Waals surface area contributed by atoms with Gasteiger partial charge in [0.2, 0.25) is 5.82 Å². The molecule has 0 radical (unpaired) electrons. The van der Waals surface area contributed by atoms with Crippen LogP contribution in [0.4, 0.5) is 4.79 Å². The molecular weight excluding hydrogens is 444 g/mol. The molecule has 0 spiro atoms. The lowest BCUT2D eigenvalue weighted by atomic mass is 9.85. The van der Waals surface area contributed by atoms with Gasteiger partial charge < -0.3 is 19.3 Å². The fourth-order valence-corrected chi connectivity index (χ4v) is 4.68. The zero-order valence-corrected chi connectivity index (χ0v) is 20.5. The monoisotopic (exact) mass is 474 g/mol. The number of rotatable bonds is 6. The van der Waals surface area contributed by atoms with Gasteiger partial charge in [-0.05, 0) is 61.9 Å². The smallest absolute Gasteiger partial charge is 0.407 e. The highest BCUT2D eigenvalue weighted by Gasteiger charge is 2.28. The van der Waals surface area contributed by atoms with E-state index in [1.165, 1.54) is 4.90 Å². The second kappa shape index (κ2) is 10.2. The number of hydrogen-bond donors (Lipinski definition) is 1. The molecule has 1 unspecified atom stereocenters. The molecule has 3 aromatic rings. The van der Waals surface area contributed by atoms with Crippen LogP contribution in [-0.4, -0.2) is 45.4 Å². The number of benzene rings is 2. The van der Waals surface area contributed by atoms with E-state index >= 15 is 0 Å². The van der Waals surface area contributed by atoms with Crippen LogP contribution in [-0.2, 0) is 6.42 Å². The van der Waals surface area contributed by atoms with Crippen molar-refractivity contribution in [2.24, 2.45) is 5.92 Å².